The van der Waals surface area contributed by atoms with Gasteiger partial charge in [-0.2, -0.15) is 0 Å². The highest BCUT2D eigenvalue weighted by Gasteiger charge is 3.20. The first kappa shape index (κ1) is 39.4. The molecular formula is C48H70Si4. The Bertz CT molecular complexity index is 1610. The quantitative estimate of drug-likeness (QED) is 0.126. The monoisotopic (exact) mass is 758 g/mol. The largest absolute Gasteiger partial charge is 0.0983 e. The summed E-state index contributed by atoms with van der Waals surface area (Å²) >= 11 is 0. The standard InChI is InChI=1S/C48H70Si4/c1-15-35-27-23-28-36(16-2)43(35)49(44-37(17-3)29-24-30-38(44)18-4)51(47(9,10)11)50(52(49,51)48(12,13)14,45-39(19-5)31-25-32-40(45)20-6)46-41(21-7)33-26-34-42(46)22-8/h23-34H,15-22H2,1-14H3. The predicted octanol–water partition coefficient (Wildman–Crippen LogP) is 9.93. The van der Waals surface area contributed by atoms with Crippen molar-refractivity contribution in [2.45, 2.75) is 158 Å². The average molecular weight is 759 g/mol. The van der Waals surface area contributed by atoms with E-state index in [-0.39, 0.29) is 10.1 Å². The Morgan fingerprint density at radius 2 is 0.462 bits per heavy atom. The van der Waals surface area contributed by atoms with Crippen molar-refractivity contribution in [2.24, 2.45) is 0 Å². The first-order valence-electron chi connectivity index (χ1n) is 21.2. The number of rotatable bonds is 12. The molecule has 0 bridgehead atoms. The highest BCUT2D eigenvalue weighted by molar-refractivity contribution is 8.62. The highest BCUT2D eigenvalue weighted by Crippen LogP contribution is 2.87. The smallest absolute Gasteiger partial charge is 0.0633 e. The molecule has 2 fully saturated rings. The van der Waals surface area contributed by atoms with Crippen molar-refractivity contribution in [3.8, 4) is 0 Å². The van der Waals surface area contributed by atoms with Crippen LogP contribution in [0.25, 0.3) is 0 Å². The van der Waals surface area contributed by atoms with Gasteiger partial charge in [0.1, 0.15) is 0 Å². The van der Waals surface area contributed by atoms with Gasteiger partial charge in [0.2, 0.25) is 0 Å². The fraction of sp³-hybridized carbons (Fsp3) is 0.500. The SMILES string of the molecule is CCc1cccc(CC)c1[Si]1(c2c(CC)cccc2CC)[Si]2(C(C)(C)C)[Si](c3c(CC)cccc3CC)(c3c(CC)cccc3CC)[Si]12C(C)(C)C. The minimum atomic E-state index is -2.35. The summed E-state index contributed by atoms with van der Waals surface area (Å²) in [5, 5.41) is 8.45. The van der Waals surface area contributed by atoms with Crippen LogP contribution in [0.1, 0.15) is 141 Å². The second kappa shape index (κ2) is 13.8. The third kappa shape index (κ3) is 4.47. The Morgan fingerprint density at radius 3 is 0.577 bits per heavy atom. The fourth-order valence-electron chi connectivity index (χ4n) is 13.6. The van der Waals surface area contributed by atoms with E-state index in [1.807, 2.05) is 20.7 Å². The lowest BCUT2D eigenvalue weighted by atomic mass is 10.1. The molecule has 0 nitrogen and oxygen atoms in total. The molecule has 52 heavy (non-hydrogen) atoms. The molecule has 2 heterocycles. The summed E-state index contributed by atoms with van der Waals surface area (Å²) in [5.41, 5.74) is 13.7. The molecule has 4 aromatic carbocycles. The molecule has 0 N–H and O–H groups in total. The molecule has 0 spiro atoms. The Balaban J connectivity index is 2.05. The van der Waals surface area contributed by atoms with Gasteiger partial charge >= 0.3 is 0 Å². The Kier molecular flexibility index (Phi) is 10.5. The molecule has 278 valence electrons. The van der Waals surface area contributed by atoms with E-state index in [0.29, 0.717) is 0 Å². The number of hydrogen-bond donors (Lipinski definition) is 0. The zero-order chi connectivity index (χ0) is 38.1. The molecule has 0 saturated carbocycles. The Morgan fingerprint density at radius 1 is 0.308 bits per heavy atom. The maximum Gasteiger partial charge on any atom is 0.0983 e. The van der Waals surface area contributed by atoms with E-state index in [0.717, 1.165) is 51.4 Å². The first-order valence-corrected chi connectivity index (χ1v) is 34.2. The van der Waals surface area contributed by atoms with Crippen LogP contribution in [0, 0.1) is 0 Å². The lowest BCUT2D eigenvalue weighted by Gasteiger charge is -2.53. The zero-order valence-corrected chi connectivity index (χ0v) is 39.6. The van der Waals surface area contributed by atoms with Crippen LogP contribution >= 0.6 is 0 Å². The van der Waals surface area contributed by atoms with Gasteiger partial charge in [0.25, 0.3) is 0 Å². The van der Waals surface area contributed by atoms with Crippen molar-refractivity contribution in [3.63, 3.8) is 0 Å². The first-order chi connectivity index (χ1) is 24.8. The van der Waals surface area contributed by atoms with Gasteiger partial charge in [-0.25, -0.2) is 0 Å². The van der Waals surface area contributed by atoms with Crippen molar-refractivity contribution in [3.05, 3.63) is 117 Å². The van der Waals surface area contributed by atoms with Crippen molar-refractivity contribution in [2.75, 3.05) is 0 Å². The molecule has 4 heteroatoms. The van der Waals surface area contributed by atoms with Crippen molar-refractivity contribution >= 4 is 48.2 Å². The van der Waals surface area contributed by atoms with Gasteiger partial charge in [0.15, 0.2) is 0 Å². The normalized spacial score (nSPS) is 21.6. The van der Waals surface area contributed by atoms with E-state index in [9.17, 15) is 0 Å². The average Bonchev–Trinajstić information content (AvgIpc) is 3.99. The van der Waals surface area contributed by atoms with E-state index >= 15 is 0 Å². The van der Waals surface area contributed by atoms with E-state index in [1.165, 1.54) is 0 Å². The lowest BCUT2D eigenvalue weighted by molar-refractivity contribution is 0.742. The molecule has 2 aliphatic heterocycles. The molecule has 6 rings (SSSR count). The highest BCUT2D eigenvalue weighted by atomic mass is 30.7. The Hall–Kier alpha value is -2.25. The van der Waals surface area contributed by atoms with E-state index < -0.39 is 27.5 Å². The summed E-state index contributed by atoms with van der Waals surface area (Å²) in [7, 11) is -4.70. The Labute approximate surface area is 322 Å². The summed E-state index contributed by atoms with van der Waals surface area (Å²) in [6, 6.07) is 30.4. The summed E-state index contributed by atoms with van der Waals surface area (Å²) in [4.78, 5) is 0. The number of aryl methyl sites for hydroxylation is 8. The van der Waals surface area contributed by atoms with E-state index in [2.05, 4.69) is 170 Å². The summed E-state index contributed by atoms with van der Waals surface area (Å²) in [6.45, 7) is 32.3. The molecule has 4 aromatic rings. The van der Waals surface area contributed by atoms with Crippen molar-refractivity contribution in [1.82, 2.24) is 0 Å². The molecule has 2 aliphatic rings. The summed E-state index contributed by atoms with van der Waals surface area (Å²) < 4.78 is 0. The van der Waals surface area contributed by atoms with Crippen LogP contribution in [0.3, 0.4) is 0 Å². The van der Waals surface area contributed by atoms with E-state index in [4.69, 9.17) is 0 Å². The van der Waals surface area contributed by atoms with Gasteiger partial charge in [-0.05, 0) is 106 Å². The molecule has 0 atom stereocenters. The van der Waals surface area contributed by atoms with E-state index in [1.54, 1.807) is 44.5 Å². The van der Waals surface area contributed by atoms with Crippen LogP contribution in [0.2, 0.25) is 10.1 Å². The van der Waals surface area contributed by atoms with Crippen LogP contribution in [0.15, 0.2) is 72.8 Å². The van der Waals surface area contributed by atoms with Crippen LogP contribution < -0.4 is 20.7 Å². The van der Waals surface area contributed by atoms with Crippen LogP contribution in [-0.2, 0) is 51.4 Å². The van der Waals surface area contributed by atoms with Crippen molar-refractivity contribution < 1.29 is 0 Å². The molecule has 2 saturated heterocycles. The summed E-state index contributed by atoms with van der Waals surface area (Å²) in [6.07, 6.45) is 9.13. The molecular weight excluding hydrogens is 689 g/mol. The molecule has 0 radical (unpaired) electrons. The van der Waals surface area contributed by atoms with Gasteiger partial charge in [-0.3, -0.25) is 0 Å². The third-order valence-electron chi connectivity index (χ3n) is 14.4. The molecule has 0 amide bonds. The predicted molar refractivity (Wildman–Crippen MR) is 242 cm³/mol. The van der Waals surface area contributed by atoms with Crippen LogP contribution in [0.4, 0.5) is 0 Å². The van der Waals surface area contributed by atoms with Crippen molar-refractivity contribution in [1.29, 1.82) is 0 Å². The second-order valence-corrected chi connectivity index (χ2v) is 63.6. The van der Waals surface area contributed by atoms with Gasteiger partial charge in [0, 0.05) is 0 Å². The second-order valence-electron chi connectivity index (χ2n) is 18.1. The minimum Gasteiger partial charge on any atom is -0.0633 e. The van der Waals surface area contributed by atoms with Crippen LogP contribution in [-0.4, -0.2) is 27.5 Å². The van der Waals surface area contributed by atoms with Gasteiger partial charge in [0.05, 0.1) is 27.5 Å². The van der Waals surface area contributed by atoms with Gasteiger partial charge < -0.3 is 0 Å². The maximum absolute atomic E-state index is 2.82. The molecule has 0 aliphatic carbocycles. The topological polar surface area (TPSA) is 0 Å². The summed E-state index contributed by atoms with van der Waals surface area (Å²) in [5.74, 6) is 0. The third-order valence-corrected chi connectivity index (χ3v) is 124. The van der Waals surface area contributed by atoms with Gasteiger partial charge in [-0.15, -0.1) is 0 Å². The number of benzene rings is 4. The molecule has 0 aromatic heterocycles. The number of fused-ring (bicyclic) bond motifs is 1. The fourth-order valence-corrected chi connectivity index (χ4v) is 232. The van der Waals surface area contributed by atoms with Gasteiger partial charge in [-0.1, -0.05) is 190 Å². The van der Waals surface area contributed by atoms with Crippen LogP contribution in [0.5, 0.6) is 0 Å². The minimum absolute atomic E-state index is 0.278. The lowest BCUT2D eigenvalue weighted by Crippen LogP contribution is -2.86. The number of hydrogen-bond acceptors (Lipinski definition) is 0. The zero-order valence-electron chi connectivity index (χ0n) is 35.6. The maximum atomic E-state index is 2.82. The molecule has 0 unspecified atom stereocenters.